The van der Waals surface area contributed by atoms with Gasteiger partial charge in [0.1, 0.15) is 5.75 Å². The lowest BCUT2D eigenvalue weighted by molar-refractivity contribution is 0.206. The number of carbonyl (C=O) groups is 1. The van der Waals surface area contributed by atoms with E-state index < -0.39 is 0 Å². The van der Waals surface area contributed by atoms with E-state index in [2.05, 4.69) is 29.1 Å². The molecule has 1 aliphatic rings. The van der Waals surface area contributed by atoms with Crippen LogP contribution >= 0.6 is 11.3 Å². The van der Waals surface area contributed by atoms with E-state index in [0.717, 1.165) is 43.7 Å². The van der Waals surface area contributed by atoms with Crippen molar-refractivity contribution in [1.29, 1.82) is 0 Å². The van der Waals surface area contributed by atoms with E-state index in [4.69, 9.17) is 4.74 Å². The zero-order chi connectivity index (χ0) is 16.8. The van der Waals surface area contributed by atoms with Crippen LogP contribution < -0.4 is 10.1 Å². The lowest BCUT2D eigenvalue weighted by atomic mass is 10.3. The smallest absolute Gasteiger partial charge is 0.322 e. The predicted octanol–water partition coefficient (Wildman–Crippen LogP) is 5.12. The third-order valence-electron chi connectivity index (χ3n) is 4.05. The summed E-state index contributed by atoms with van der Waals surface area (Å²) >= 11 is 1.67. The Labute approximate surface area is 147 Å². The van der Waals surface area contributed by atoms with Crippen molar-refractivity contribution >= 4 is 23.1 Å². The minimum atomic E-state index is -0.0247. The molecule has 3 rings (SSSR count). The Morgan fingerprint density at radius 3 is 2.71 bits per heavy atom. The number of thiophene rings is 1. The Bertz CT molecular complexity index is 636. The van der Waals surface area contributed by atoms with Gasteiger partial charge in [-0.2, -0.15) is 11.3 Å². The SMILES string of the molecule is CCCCOc1ccc(NC(=O)N(Cc2ccsc2)C2CC2)cc1. The molecule has 0 bridgehead atoms. The van der Waals surface area contributed by atoms with E-state index in [1.807, 2.05) is 29.2 Å². The molecule has 1 saturated carbocycles. The van der Waals surface area contributed by atoms with Crippen LogP contribution in [0.5, 0.6) is 5.75 Å². The molecule has 0 aliphatic heterocycles. The summed E-state index contributed by atoms with van der Waals surface area (Å²) < 4.78 is 5.65. The van der Waals surface area contributed by atoms with Crippen LogP contribution in [-0.2, 0) is 6.54 Å². The van der Waals surface area contributed by atoms with Gasteiger partial charge >= 0.3 is 6.03 Å². The molecule has 0 spiro atoms. The lowest BCUT2D eigenvalue weighted by Gasteiger charge is -2.22. The number of nitrogens with zero attached hydrogens (tertiary/aromatic N) is 1. The normalized spacial score (nSPS) is 13.5. The van der Waals surface area contributed by atoms with Crippen molar-refractivity contribution in [2.45, 2.75) is 45.2 Å². The van der Waals surface area contributed by atoms with Gasteiger partial charge in [0.15, 0.2) is 0 Å². The number of urea groups is 1. The third-order valence-corrected chi connectivity index (χ3v) is 4.79. The van der Waals surface area contributed by atoms with Crippen LogP contribution in [0.15, 0.2) is 41.1 Å². The highest BCUT2D eigenvalue weighted by Gasteiger charge is 2.32. The highest BCUT2D eigenvalue weighted by atomic mass is 32.1. The largest absolute Gasteiger partial charge is 0.494 e. The molecule has 24 heavy (non-hydrogen) atoms. The standard InChI is InChI=1S/C19H24N2O2S/c1-2-3-11-23-18-8-4-16(5-9-18)20-19(22)21(17-6-7-17)13-15-10-12-24-14-15/h4-5,8-10,12,14,17H,2-3,6-7,11,13H2,1H3,(H,20,22). The van der Waals surface area contributed by atoms with Gasteiger partial charge in [-0.05, 0) is 65.9 Å². The van der Waals surface area contributed by atoms with Gasteiger partial charge in [-0.1, -0.05) is 13.3 Å². The second kappa shape index (κ2) is 8.20. The molecule has 0 radical (unpaired) electrons. The van der Waals surface area contributed by atoms with Crippen molar-refractivity contribution in [3.8, 4) is 5.75 Å². The molecule has 1 aliphatic carbocycles. The first-order chi connectivity index (χ1) is 11.8. The quantitative estimate of drug-likeness (QED) is 0.675. The molecule has 128 valence electrons. The molecule has 1 fully saturated rings. The number of carbonyl (C=O) groups excluding carboxylic acids is 1. The number of rotatable bonds is 8. The Balaban J connectivity index is 1.56. The number of ether oxygens (including phenoxy) is 1. The molecule has 1 heterocycles. The number of unbranched alkanes of at least 4 members (excludes halogenated alkanes) is 1. The molecular weight excluding hydrogens is 320 g/mol. The van der Waals surface area contributed by atoms with E-state index >= 15 is 0 Å². The Morgan fingerprint density at radius 1 is 1.29 bits per heavy atom. The lowest BCUT2D eigenvalue weighted by Crippen LogP contribution is -2.36. The predicted molar refractivity (Wildman–Crippen MR) is 98.7 cm³/mol. The van der Waals surface area contributed by atoms with E-state index in [1.54, 1.807) is 11.3 Å². The zero-order valence-electron chi connectivity index (χ0n) is 14.0. The summed E-state index contributed by atoms with van der Waals surface area (Å²) in [5.41, 5.74) is 2.00. The first kappa shape index (κ1) is 16.8. The van der Waals surface area contributed by atoms with Crippen molar-refractivity contribution in [3.63, 3.8) is 0 Å². The van der Waals surface area contributed by atoms with Crippen LogP contribution in [0, 0.1) is 0 Å². The molecule has 0 atom stereocenters. The Hall–Kier alpha value is -2.01. The summed E-state index contributed by atoms with van der Waals surface area (Å²) in [5, 5.41) is 7.16. The number of hydrogen-bond donors (Lipinski definition) is 1. The summed E-state index contributed by atoms with van der Waals surface area (Å²) in [6, 6.07) is 10.0. The van der Waals surface area contributed by atoms with E-state index in [1.165, 1.54) is 5.56 Å². The fraction of sp³-hybridized carbons (Fsp3) is 0.421. The van der Waals surface area contributed by atoms with Gasteiger partial charge in [-0.25, -0.2) is 4.79 Å². The Morgan fingerprint density at radius 2 is 2.08 bits per heavy atom. The van der Waals surface area contributed by atoms with Crippen LogP contribution in [0.4, 0.5) is 10.5 Å². The summed E-state index contributed by atoms with van der Waals surface area (Å²) in [7, 11) is 0. The van der Waals surface area contributed by atoms with Crippen LogP contribution in [0.3, 0.4) is 0 Å². The highest BCUT2D eigenvalue weighted by Crippen LogP contribution is 2.29. The molecule has 1 aromatic carbocycles. The summed E-state index contributed by atoms with van der Waals surface area (Å²) in [4.78, 5) is 14.5. The van der Waals surface area contributed by atoms with Crippen molar-refractivity contribution in [2.24, 2.45) is 0 Å². The maximum Gasteiger partial charge on any atom is 0.322 e. The van der Waals surface area contributed by atoms with Crippen molar-refractivity contribution in [1.82, 2.24) is 4.90 Å². The van der Waals surface area contributed by atoms with E-state index in [-0.39, 0.29) is 6.03 Å². The summed E-state index contributed by atoms with van der Waals surface area (Å²) in [6.45, 7) is 3.56. The first-order valence-corrected chi connectivity index (χ1v) is 9.52. The molecular formula is C19H24N2O2S. The molecule has 2 amide bonds. The van der Waals surface area contributed by atoms with E-state index in [9.17, 15) is 4.79 Å². The average Bonchev–Trinajstić information content (AvgIpc) is 3.30. The van der Waals surface area contributed by atoms with Gasteiger partial charge in [0.2, 0.25) is 0 Å². The molecule has 0 saturated heterocycles. The number of anilines is 1. The van der Waals surface area contributed by atoms with Gasteiger partial charge in [0.25, 0.3) is 0 Å². The number of amides is 2. The zero-order valence-corrected chi connectivity index (χ0v) is 14.8. The van der Waals surface area contributed by atoms with Gasteiger partial charge in [0.05, 0.1) is 6.61 Å². The monoisotopic (exact) mass is 344 g/mol. The molecule has 0 unspecified atom stereocenters. The van der Waals surface area contributed by atoms with Gasteiger partial charge in [-0.3, -0.25) is 0 Å². The molecule has 1 N–H and O–H groups in total. The van der Waals surface area contributed by atoms with Crippen LogP contribution in [0.1, 0.15) is 38.2 Å². The van der Waals surface area contributed by atoms with Gasteiger partial charge < -0.3 is 15.0 Å². The molecule has 1 aromatic heterocycles. The maximum atomic E-state index is 12.6. The highest BCUT2D eigenvalue weighted by molar-refractivity contribution is 7.07. The van der Waals surface area contributed by atoms with Crippen molar-refractivity contribution in [3.05, 3.63) is 46.7 Å². The van der Waals surface area contributed by atoms with Gasteiger partial charge in [-0.15, -0.1) is 0 Å². The maximum absolute atomic E-state index is 12.6. The third kappa shape index (κ3) is 4.74. The molecule has 5 heteroatoms. The van der Waals surface area contributed by atoms with Crippen molar-refractivity contribution in [2.75, 3.05) is 11.9 Å². The number of benzene rings is 1. The minimum absolute atomic E-state index is 0.0247. The van der Waals surface area contributed by atoms with Crippen LogP contribution in [0.25, 0.3) is 0 Å². The first-order valence-electron chi connectivity index (χ1n) is 8.58. The van der Waals surface area contributed by atoms with Crippen LogP contribution in [-0.4, -0.2) is 23.6 Å². The minimum Gasteiger partial charge on any atom is -0.494 e. The average molecular weight is 344 g/mol. The topological polar surface area (TPSA) is 41.6 Å². The van der Waals surface area contributed by atoms with E-state index in [0.29, 0.717) is 12.6 Å². The van der Waals surface area contributed by atoms with Crippen LogP contribution in [0.2, 0.25) is 0 Å². The summed E-state index contributed by atoms with van der Waals surface area (Å²) in [6.07, 6.45) is 4.37. The second-order valence-corrected chi connectivity index (χ2v) is 6.93. The number of hydrogen-bond acceptors (Lipinski definition) is 3. The molecule has 2 aromatic rings. The fourth-order valence-electron chi connectivity index (χ4n) is 2.50. The summed E-state index contributed by atoms with van der Waals surface area (Å²) in [5.74, 6) is 0.846. The fourth-order valence-corrected chi connectivity index (χ4v) is 3.16. The second-order valence-electron chi connectivity index (χ2n) is 6.15. The van der Waals surface area contributed by atoms with Crippen molar-refractivity contribution < 1.29 is 9.53 Å². The number of nitrogens with one attached hydrogen (secondary N) is 1. The Kier molecular flexibility index (Phi) is 5.75. The van der Waals surface area contributed by atoms with Gasteiger partial charge in [0, 0.05) is 18.3 Å². The molecule has 4 nitrogen and oxygen atoms in total.